The molecule has 0 fully saturated rings. The van der Waals surface area contributed by atoms with Gasteiger partial charge in [0.25, 0.3) is 5.91 Å². The van der Waals surface area contributed by atoms with E-state index >= 15 is 0 Å². The van der Waals surface area contributed by atoms with E-state index in [9.17, 15) is 4.79 Å². The van der Waals surface area contributed by atoms with Crippen molar-refractivity contribution in [2.24, 2.45) is 5.10 Å². The van der Waals surface area contributed by atoms with Crippen LogP contribution in [0.15, 0.2) is 33.5 Å². The highest BCUT2D eigenvalue weighted by molar-refractivity contribution is 6.32. The smallest absolute Gasteiger partial charge is 0.273 e. The van der Waals surface area contributed by atoms with E-state index in [0.29, 0.717) is 17.0 Å². The molecule has 0 spiro atoms. The summed E-state index contributed by atoms with van der Waals surface area (Å²) in [5, 5.41) is 4.08. The van der Waals surface area contributed by atoms with Gasteiger partial charge in [0.1, 0.15) is 5.71 Å². The summed E-state index contributed by atoms with van der Waals surface area (Å²) in [4.78, 5) is 17.6. The average Bonchev–Trinajstić information content (AvgIpc) is 3.18. The average molecular weight is 312 g/mol. The molecule has 0 saturated heterocycles. The highest BCUT2D eigenvalue weighted by atomic mass is 16.3. The minimum atomic E-state index is -0.225. The van der Waals surface area contributed by atoms with Gasteiger partial charge in [-0.1, -0.05) is 0 Å². The Morgan fingerprint density at radius 1 is 1.35 bits per heavy atom. The van der Waals surface area contributed by atoms with E-state index in [2.05, 4.69) is 27.3 Å². The number of aromatic nitrogens is 1. The van der Waals surface area contributed by atoms with Crippen LogP contribution in [0.4, 0.5) is 0 Å². The van der Waals surface area contributed by atoms with E-state index in [1.165, 1.54) is 5.56 Å². The van der Waals surface area contributed by atoms with Crippen molar-refractivity contribution in [3.05, 3.63) is 52.2 Å². The number of nitrogens with zero attached hydrogens (tertiary/aromatic N) is 2. The number of aromatic amines is 1. The van der Waals surface area contributed by atoms with Gasteiger partial charge >= 0.3 is 0 Å². The number of furan rings is 1. The second kappa shape index (κ2) is 5.89. The zero-order chi connectivity index (χ0) is 16.6. The minimum absolute atomic E-state index is 0.225. The van der Waals surface area contributed by atoms with Gasteiger partial charge in [0.15, 0.2) is 5.76 Å². The molecule has 3 heterocycles. The summed E-state index contributed by atoms with van der Waals surface area (Å²) in [6.07, 6.45) is 3.41. The Bertz CT molecular complexity index is 795. The lowest BCUT2D eigenvalue weighted by Gasteiger charge is -2.10. The monoisotopic (exact) mass is 312 g/mol. The summed E-state index contributed by atoms with van der Waals surface area (Å²) in [6, 6.07) is 3.56. The molecule has 2 aromatic heterocycles. The van der Waals surface area contributed by atoms with Crippen LogP contribution in [0.3, 0.4) is 0 Å². The molecular formula is C17H20N4O2. The van der Waals surface area contributed by atoms with E-state index in [1.807, 2.05) is 27.1 Å². The van der Waals surface area contributed by atoms with Gasteiger partial charge in [-0.15, -0.1) is 0 Å². The van der Waals surface area contributed by atoms with Crippen LogP contribution in [-0.2, 0) is 11.3 Å². The van der Waals surface area contributed by atoms with Crippen LogP contribution in [0, 0.1) is 13.8 Å². The summed E-state index contributed by atoms with van der Waals surface area (Å²) >= 11 is 0. The fraction of sp³-hybridized carbons (Fsp3) is 0.294. The van der Waals surface area contributed by atoms with E-state index in [0.717, 1.165) is 23.5 Å². The molecular weight excluding hydrogens is 292 g/mol. The van der Waals surface area contributed by atoms with Crippen molar-refractivity contribution in [2.45, 2.75) is 20.4 Å². The van der Waals surface area contributed by atoms with E-state index in [1.54, 1.807) is 18.4 Å². The second-order valence-corrected chi connectivity index (χ2v) is 5.94. The standard InChI is InChI=1S/C17H20N4O2/c1-10-13(9-21(3)4)11(2)18-14(10)8-12-16(19-20-17(12)22)15-6-5-7-23-15/h5-8,18H,9H2,1-4H3,(H,20,22). The third-order valence-electron chi connectivity index (χ3n) is 3.92. The molecule has 0 unspecified atom stereocenters. The van der Waals surface area contributed by atoms with Gasteiger partial charge in [-0.3, -0.25) is 4.79 Å². The van der Waals surface area contributed by atoms with Gasteiger partial charge in [0, 0.05) is 17.9 Å². The molecule has 0 saturated carbocycles. The topological polar surface area (TPSA) is 73.6 Å². The van der Waals surface area contributed by atoms with Crippen LogP contribution in [0.1, 0.15) is 28.3 Å². The highest BCUT2D eigenvalue weighted by Crippen LogP contribution is 2.24. The molecule has 0 radical (unpaired) electrons. The molecule has 0 bridgehead atoms. The Morgan fingerprint density at radius 3 is 2.78 bits per heavy atom. The lowest BCUT2D eigenvalue weighted by atomic mass is 10.0. The zero-order valence-electron chi connectivity index (χ0n) is 13.7. The number of carbonyl (C=O) groups excluding carboxylic acids is 1. The van der Waals surface area contributed by atoms with Crippen LogP contribution in [0.2, 0.25) is 0 Å². The lowest BCUT2D eigenvalue weighted by Crippen LogP contribution is -2.13. The number of rotatable bonds is 4. The number of hydrogen-bond donors (Lipinski definition) is 2. The molecule has 6 heteroatoms. The first kappa shape index (κ1) is 15.3. The van der Waals surface area contributed by atoms with Crippen LogP contribution in [-0.4, -0.2) is 35.6 Å². The molecule has 1 aliphatic heterocycles. The molecule has 3 rings (SSSR count). The predicted molar refractivity (Wildman–Crippen MR) is 89.0 cm³/mol. The normalized spacial score (nSPS) is 16.3. The van der Waals surface area contributed by atoms with E-state index in [-0.39, 0.29) is 5.91 Å². The molecule has 1 amide bonds. The Kier molecular flexibility index (Phi) is 3.92. The number of nitrogens with one attached hydrogen (secondary N) is 2. The van der Waals surface area contributed by atoms with Gasteiger partial charge in [-0.05, 0) is 57.3 Å². The van der Waals surface area contributed by atoms with E-state index < -0.39 is 0 Å². The van der Waals surface area contributed by atoms with Gasteiger partial charge in [-0.2, -0.15) is 5.10 Å². The van der Waals surface area contributed by atoms with Gasteiger partial charge in [0.05, 0.1) is 11.8 Å². The second-order valence-electron chi connectivity index (χ2n) is 5.94. The summed E-state index contributed by atoms with van der Waals surface area (Å²) in [6.45, 7) is 4.96. The number of aryl methyl sites for hydroxylation is 1. The van der Waals surface area contributed by atoms with Crippen molar-refractivity contribution in [2.75, 3.05) is 14.1 Å². The van der Waals surface area contributed by atoms with Crippen molar-refractivity contribution in [3.8, 4) is 0 Å². The van der Waals surface area contributed by atoms with Crippen LogP contribution >= 0.6 is 0 Å². The Hall–Kier alpha value is -2.60. The van der Waals surface area contributed by atoms with Gasteiger partial charge in [-0.25, -0.2) is 5.43 Å². The maximum Gasteiger partial charge on any atom is 0.273 e. The Labute approximate surface area is 134 Å². The van der Waals surface area contributed by atoms with Crippen molar-refractivity contribution in [3.63, 3.8) is 0 Å². The third kappa shape index (κ3) is 2.85. The maximum absolute atomic E-state index is 12.1. The Balaban J connectivity index is 2.01. The third-order valence-corrected chi connectivity index (χ3v) is 3.92. The first-order chi connectivity index (χ1) is 11.0. The fourth-order valence-corrected chi connectivity index (χ4v) is 2.73. The first-order valence-corrected chi connectivity index (χ1v) is 7.44. The van der Waals surface area contributed by atoms with Gasteiger partial charge in [0.2, 0.25) is 0 Å². The molecule has 2 aromatic rings. The summed E-state index contributed by atoms with van der Waals surface area (Å²) in [5.74, 6) is 0.348. The molecule has 2 N–H and O–H groups in total. The number of amides is 1. The van der Waals surface area contributed by atoms with Crippen molar-refractivity contribution >= 4 is 17.7 Å². The van der Waals surface area contributed by atoms with Crippen molar-refractivity contribution < 1.29 is 9.21 Å². The fourth-order valence-electron chi connectivity index (χ4n) is 2.73. The SMILES string of the molecule is Cc1[nH]c(C=C2C(=O)NN=C2c2ccco2)c(C)c1CN(C)C. The largest absolute Gasteiger partial charge is 0.463 e. The highest BCUT2D eigenvalue weighted by Gasteiger charge is 2.26. The molecule has 120 valence electrons. The van der Waals surface area contributed by atoms with E-state index in [4.69, 9.17) is 4.42 Å². The molecule has 6 nitrogen and oxygen atoms in total. The van der Waals surface area contributed by atoms with Crippen LogP contribution in [0.25, 0.3) is 6.08 Å². The molecule has 0 aliphatic carbocycles. The number of hydrazone groups is 1. The number of carbonyl (C=O) groups is 1. The minimum Gasteiger partial charge on any atom is -0.463 e. The molecule has 0 atom stereocenters. The summed E-state index contributed by atoms with van der Waals surface area (Å²) < 4.78 is 5.36. The van der Waals surface area contributed by atoms with Crippen LogP contribution in [0.5, 0.6) is 0 Å². The number of H-pyrrole nitrogens is 1. The lowest BCUT2D eigenvalue weighted by molar-refractivity contribution is -0.116. The molecule has 23 heavy (non-hydrogen) atoms. The van der Waals surface area contributed by atoms with Crippen molar-refractivity contribution in [1.82, 2.24) is 15.3 Å². The Morgan fingerprint density at radius 2 is 2.13 bits per heavy atom. The molecule has 1 aliphatic rings. The zero-order valence-corrected chi connectivity index (χ0v) is 13.7. The quantitative estimate of drug-likeness (QED) is 0.850. The predicted octanol–water partition coefficient (Wildman–Crippen LogP) is 2.20. The first-order valence-electron chi connectivity index (χ1n) is 7.44. The number of hydrogen-bond acceptors (Lipinski definition) is 4. The summed E-state index contributed by atoms with van der Waals surface area (Å²) in [5.41, 5.74) is 7.95. The molecule has 0 aromatic carbocycles. The van der Waals surface area contributed by atoms with Crippen molar-refractivity contribution in [1.29, 1.82) is 0 Å². The van der Waals surface area contributed by atoms with Crippen LogP contribution < -0.4 is 5.43 Å². The van der Waals surface area contributed by atoms with Gasteiger partial charge < -0.3 is 14.3 Å². The summed E-state index contributed by atoms with van der Waals surface area (Å²) in [7, 11) is 4.08. The maximum atomic E-state index is 12.1.